The van der Waals surface area contributed by atoms with E-state index in [9.17, 15) is 0 Å². The zero-order valence-electron chi connectivity index (χ0n) is 8.66. The summed E-state index contributed by atoms with van der Waals surface area (Å²) in [7, 11) is 0. The average molecular weight is 228 g/mol. The van der Waals surface area contributed by atoms with Crippen molar-refractivity contribution in [3.63, 3.8) is 0 Å². The molecule has 0 fully saturated rings. The zero-order valence-corrected chi connectivity index (χ0v) is 8.66. The van der Waals surface area contributed by atoms with E-state index < -0.39 is 0 Å². The molecule has 0 saturated heterocycles. The molecule has 3 aromatic heterocycles. The van der Waals surface area contributed by atoms with Gasteiger partial charge in [-0.3, -0.25) is 4.98 Å². The largest absolute Gasteiger partial charge is 0.367 e. The molecule has 0 aliphatic carbocycles. The van der Waals surface area contributed by atoms with E-state index in [2.05, 4.69) is 25.6 Å². The van der Waals surface area contributed by atoms with Gasteiger partial charge in [-0.25, -0.2) is 0 Å². The highest BCUT2D eigenvalue weighted by Gasteiger charge is 2.18. The van der Waals surface area contributed by atoms with E-state index in [1.165, 1.54) is 0 Å². The third-order valence-corrected chi connectivity index (χ3v) is 2.35. The van der Waals surface area contributed by atoms with Gasteiger partial charge in [-0.2, -0.15) is 15.4 Å². The molecule has 3 aromatic rings. The predicted octanol–water partition coefficient (Wildman–Crippen LogP) is 1.10. The number of aromatic amines is 1. The molecule has 0 unspecified atom stereocenters. The maximum atomic E-state index is 5.77. The Morgan fingerprint density at radius 1 is 1.24 bits per heavy atom. The van der Waals surface area contributed by atoms with Gasteiger partial charge in [-0.1, -0.05) is 5.16 Å². The van der Waals surface area contributed by atoms with Crippen LogP contribution < -0.4 is 5.73 Å². The standard InChI is InChI=1S/C10H8N6O/c11-10-8(6-1-3-12-4-2-6)9(15-17-10)7-5-13-16-14-7/h1-5H,11H2,(H,13,14,16). The molecular formula is C10H8N6O. The van der Waals surface area contributed by atoms with E-state index >= 15 is 0 Å². The van der Waals surface area contributed by atoms with E-state index in [1.54, 1.807) is 18.6 Å². The molecule has 17 heavy (non-hydrogen) atoms. The number of H-pyrrole nitrogens is 1. The molecule has 0 bridgehead atoms. The van der Waals surface area contributed by atoms with Gasteiger partial charge in [0.05, 0.1) is 11.8 Å². The van der Waals surface area contributed by atoms with Crippen LogP contribution in [0.2, 0.25) is 0 Å². The molecule has 7 nitrogen and oxygen atoms in total. The fourth-order valence-electron chi connectivity index (χ4n) is 1.59. The molecule has 0 saturated carbocycles. The van der Waals surface area contributed by atoms with Crippen LogP contribution in [0, 0.1) is 0 Å². The van der Waals surface area contributed by atoms with Crippen LogP contribution in [0.1, 0.15) is 0 Å². The molecule has 0 aliphatic rings. The van der Waals surface area contributed by atoms with Crippen molar-refractivity contribution in [2.45, 2.75) is 0 Å². The molecule has 7 heteroatoms. The number of hydrogen-bond donors (Lipinski definition) is 2. The Bertz CT molecular complexity index is 616. The van der Waals surface area contributed by atoms with Gasteiger partial charge in [0, 0.05) is 12.4 Å². The van der Waals surface area contributed by atoms with Crippen LogP contribution in [-0.4, -0.2) is 25.6 Å². The second kappa shape index (κ2) is 3.71. The van der Waals surface area contributed by atoms with Crippen molar-refractivity contribution in [1.29, 1.82) is 0 Å². The Balaban J connectivity index is 2.20. The fourth-order valence-corrected chi connectivity index (χ4v) is 1.59. The number of nitrogens with zero attached hydrogens (tertiary/aromatic N) is 4. The van der Waals surface area contributed by atoms with E-state index in [4.69, 9.17) is 10.3 Å². The summed E-state index contributed by atoms with van der Waals surface area (Å²) in [6.07, 6.45) is 4.91. The topological polar surface area (TPSA) is 107 Å². The first kappa shape index (κ1) is 9.52. The van der Waals surface area contributed by atoms with Crippen molar-refractivity contribution >= 4 is 5.88 Å². The minimum Gasteiger partial charge on any atom is -0.367 e. The zero-order chi connectivity index (χ0) is 11.7. The van der Waals surface area contributed by atoms with Gasteiger partial charge in [-0.15, -0.1) is 0 Å². The fraction of sp³-hybridized carbons (Fsp3) is 0. The summed E-state index contributed by atoms with van der Waals surface area (Å²) in [6, 6.07) is 3.65. The van der Waals surface area contributed by atoms with Crippen LogP contribution >= 0.6 is 0 Å². The van der Waals surface area contributed by atoms with Gasteiger partial charge >= 0.3 is 0 Å². The Morgan fingerprint density at radius 2 is 2.06 bits per heavy atom. The Hall–Kier alpha value is -2.70. The van der Waals surface area contributed by atoms with E-state index in [1.807, 2.05) is 12.1 Å². The molecule has 0 atom stereocenters. The summed E-state index contributed by atoms with van der Waals surface area (Å²) in [4.78, 5) is 3.95. The lowest BCUT2D eigenvalue weighted by Gasteiger charge is -1.98. The number of nitrogen functional groups attached to an aromatic ring is 1. The van der Waals surface area contributed by atoms with Crippen molar-refractivity contribution in [3.05, 3.63) is 30.7 Å². The summed E-state index contributed by atoms with van der Waals surface area (Å²) < 4.78 is 5.00. The van der Waals surface area contributed by atoms with Crippen molar-refractivity contribution in [2.24, 2.45) is 0 Å². The Labute approximate surface area is 95.7 Å². The molecule has 3 heterocycles. The molecule has 84 valence electrons. The van der Waals surface area contributed by atoms with Crippen molar-refractivity contribution in [3.8, 4) is 22.5 Å². The van der Waals surface area contributed by atoms with Gasteiger partial charge < -0.3 is 10.3 Å². The third-order valence-electron chi connectivity index (χ3n) is 2.35. The van der Waals surface area contributed by atoms with Crippen LogP contribution in [0.4, 0.5) is 5.88 Å². The number of nitrogens with one attached hydrogen (secondary N) is 1. The van der Waals surface area contributed by atoms with E-state index in [0.29, 0.717) is 17.0 Å². The van der Waals surface area contributed by atoms with Gasteiger partial charge in [0.1, 0.15) is 11.4 Å². The third kappa shape index (κ3) is 1.53. The quantitative estimate of drug-likeness (QED) is 0.680. The molecule has 0 aromatic carbocycles. The van der Waals surface area contributed by atoms with Crippen LogP contribution in [-0.2, 0) is 0 Å². The highest BCUT2D eigenvalue weighted by atomic mass is 16.5. The SMILES string of the molecule is Nc1onc(-c2cn[nH]n2)c1-c1ccncc1. The van der Waals surface area contributed by atoms with Crippen LogP contribution in [0.15, 0.2) is 35.2 Å². The monoisotopic (exact) mass is 228 g/mol. The van der Waals surface area contributed by atoms with Crippen LogP contribution in [0.25, 0.3) is 22.5 Å². The van der Waals surface area contributed by atoms with E-state index in [0.717, 1.165) is 5.56 Å². The van der Waals surface area contributed by atoms with E-state index in [-0.39, 0.29) is 5.88 Å². The minimum absolute atomic E-state index is 0.245. The van der Waals surface area contributed by atoms with Crippen molar-refractivity contribution in [1.82, 2.24) is 25.6 Å². The molecule has 3 rings (SSSR count). The lowest BCUT2D eigenvalue weighted by atomic mass is 10.1. The lowest BCUT2D eigenvalue weighted by Crippen LogP contribution is -1.88. The normalized spacial score (nSPS) is 10.6. The highest BCUT2D eigenvalue weighted by molar-refractivity contribution is 5.85. The second-order valence-electron chi connectivity index (χ2n) is 3.36. The molecule has 0 radical (unpaired) electrons. The first-order valence-electron chi connectivity index (χ1n) is 4.88. The smallest absolute Gasteiger partial charge is 0.230 e. The van der Waals surface area contributed by atoms with Crippen molar-refractivity contribution < 1.29 is 4.52 Å². The summed E-state index contributed by atoms with van der Waals surface area (Å²) in [5, 5.41) is 14.1. The first-order chi connectivity index (χ1) is 8.36. The maximum Gasteiger partial charge on any atom is 0.230 e. The summed E-state index contributed by atoms with van der Waals surface area (Å²) in [5.41, 5.74) is 8.48. The number of pyridine rings is 1. The molecular weight excluding hydrogens is 220 g/mol. The maximum absolute atomic E-state index is 5.77. The highest BCUT2D eigenvalue weighted by Crippen LogP contribution is 2.34. The van der Waals surface area contributed by atoms with Gasteiger partial charge in [0.15, 0.2) is 0 Å². The predicted molar refractivity (Wildman–Crippen MR) is 59.5 cm³/mol. The van der Waals surface area contributed by atoms with Gasteiger partial charge in [0.2, 0.25) is 5.88 Å². The Kier molecular flexibility index (Phi) is 2.08. The summed E-state index contributed by atoms with van der Waals surface area (Å²) >= 11 is 0. The Morgan fingerprint density at radius 3 is 2.76 bits per heavy atom. The second-order valence-corrected chi connectivity index (χ2v) is 3.36. The van der Waals surface area contributed by atoms with Crippen LogP contribution in [0.5, 0.6) is 0 Å². The van der Waals surface area contributed by atoms with Crippen LogP contribution in [0.3, 0.4) is 0 Å². The molecule has 0 spiro atoms. The van der Waals surface area contributed by atoms with Gasteiger partial charge in [0.25, 0.3) is 0 Å². The number of aromatic nitrogens is 5. The summed E-state index contributed by atoms with van der Waals surface area (Å²) in [6.45, 7) is 0. The van der Waals surface area contributed by atoms with Crippen molar-refractivity contribution in [2.75, 3.05) is 5.73 Å². The number of hydrogen-bond acceptors (Lipinski definition) is 6. The molecule has 0 aliphatic heterocycles. The first-order valence-corrected chi connectivity index (χ1v) is 4.88. The number of rotatable bonds is 2. The minimum atomic E-state index is 0.245. The average Bonchev–Trinajstić information content (AvgIpc) is 2.98. The molecule has 3 N–H and O–H groups in total. The summed E-state index contributed by atoms with van der Waals surface area (Å²) in [5.74, 6) is 0.245. The molecule has 0 amide bonds. The van der Waals surface area contributed by atoms with Gasteiger partial charge in [-0.05, 0) is 17.7 Å². The number of anilines is 1. The lowest BCUT2D eigenvalue weighted by molar-refractivity contribution is 0.439. The number of nitrogens with two attached hydrogens (primary N) is 1.